The average Bonchev–Trinajstić information content (AvgIpc) is 2.68. The highest BCUT2D eigenvalue weighted by atomic mass is 32.2. The molecule has 4 rings (SSSR count). The Hall–Kier alpha value is -2.93. The third-order valence-corrected chi connectivity index (χ3v) is 6.82. The summed E-state index contributed by atoms with van der Waals surface area (Å²) in [5.74, 6) is -0.492. The number of ether oxygens (including phenoxy) is 1. The third kappa shape index (κ3) is 2.82. The summed E-state index contributed by atoms with van der Waals surface area (Å²) in [6.45, 7) is 1.66. The van der Waals surface area contributed by atoms with E-state index in [1.165, 1.54) is 49.6 Å². The maximum atomic E-state index is 14.0. The molecule has 0 N–H and O–H groups in total. The van der Waals surface area contributed by atoms with E-state index in [9.17, 15) is 17.2 Å². The fourth-order valence-electron chi connectivity index (χ4n) is 3.57. The highest BCUT2D eigenvalue weighted by molar-refractivity contribution is 7.92. The molecule has 1 unspecified atom stereocenters. The van der Waals surface area contributed by atoms with Crippen LogP contribution in [0.3, 0.4) is 0 Å². The fraction of sp³-hybridized carbons (Fsp3) is 0.143. The van der Waals surface area contributed by atoms with Crippen molar-refractivity contribution in [3.8, 4) is 16.9 Å². The first-order chi connectivity index (χ1) is 13.3. The van der Waals surface area contributed by atoms with Gasteiger partial charge in [0.1, 0.15) is 17.4 Å². The van der Waals surface area contributed by atoms with E-state index in [1.54, 1.807) is 25.1 Å². The molecule has 1 aliphatic heterocycles. The lowest BCUT2D eigenvalue weighted by Crippen LogP contribution is -2.36. The number of anilines is 1. The van der Waals surface area contributed by atoms with Gasteiger partial charge in [0, 0.05) is 5.56 Å². The van der Waals surface area contributed by atoms with Crippen LogP contribution in [0.15, 0.2) is 65.6 Å². The summed E-state index contributed by atoms with van der Waals surface area (Å²) in [6.07, 6.45) is 0. The van der Waals surface area contributed by atoms with Crippen LogP contribution >= 0.6 is 0 Å². The molecule has 0 aliphatic carbocycles. The van der Waals surface area contributed by atoms with Crippen molar-refractivity contribution in [3.05, 3.63) is 77.9 Å². The van der Waals surface area contributed by atoms with Gasteiger partial charge in [-0.2, -0.15) is 0 Å². The van der Waals surface area contributed by atoms with E-state index < -0.39 is 27.7 Å². The monoisotopic (exact) mass is 401 g/mol. The number of halogens is 2. The van der Waals surface area contributed by atoms with Crippen LogP contribution < -0.4 is 9.04 Å². The minimum Gasteiger partial charge on any atom is -0.497 e. The second kappa shape index (κ2) is 6.60. The Morgan fingerprint density at radius 3 is 2.14 bits per heavy atom. The first-order valence-electron chi connectivity index (χ1n) is 8.61. The molecule has 0 saturated heterocycles. The van der Waals surface area contributed by atoms with Crippen molar-refractivity contribution in [2.24, 2.45) is 0 Å². The molecular formula is C21H17F2NO3S. The lowest BCUT2D eigenvalue weighted by molar-refractivity contribution is 0.414. The predicted octanol–water partition coefficient (Wildman–Crippen LogP) is 4.91. The van der Waals surface area contributed by atoms with Crippen LogP contribution in [0.2, 0.25) is 0 Å². The van der Waals surface area contributed by atoms with E-state index in [2.05, 4.69) is 0 Å². The van der Waals surface area contributed by atoms with Crippen LogP contribution in [0, 0.1) is 11.6 Å². The fourth-order valence-corrected chi connectivity index (χ4v) is 5.22. The second-order valence-electron chi connectivity index (χ2n) is 6.55. The topological polar surface area (TPSA) is 46.6 Å². The molecule has 1 aliphatic rings. The average molecular weight is 401 g/mol. The zero-order chi connectivity index (χ0) is 20.1. The van der Waals surface area contributed by atoms with Crippen molar-refractivity contribution in [1.29, 1.82) is 0 Å². The molecule has 7 heteroatoms. The van der Waals surface area contributed by atoms with Gasteiger partial charge in [-0.05, 0) is 72.6 Å². The van der Waals surface area contributed by atoms with Gasteiger partial charge in [0.2, 0.25) is 0 Å². The Bertz CT molecular complexity index is 1160. The Morgan fingerprint density at radius 1 is 0.893 bits per heavy atom. The molecule has 3 aromatic carbocycles. The van der Waals surface area contributed by atoms with Gasteiger partial charge in [-0.25, -0.2) is 17.2 Å². The maximum absolute atomic E-state index is 14.0. The quantitative estimate of drug-likeness (QED) is 0.627. The van der Waals surface area contributed by atoms with Gasteiger partial charge < -0.3 is 4.74 Å². The maximum Gasteiger partial charge on any atom is 0.264 e. The van der Waals surface area contributed by atoms with E-state index in [0.29, 0.717) is 22.4 Å². The molecular weight excluding hydrogens is 384 g/mol. The zero-order valence-corrected chi connectivity index (χ0v) is 16.0. The molecule has 0 fully saturated rings. The van der Waals surface area contributed by atoms with E-state index >= 15 is 0 Å². The highest BCUT2D eigenvalue weighted by Gasteiger charge is 2.37. The van der Waals surface area contributed by atoms with Crippen molar-refractivity contribution < 1.29 is 21.9 Å². The molecule has 0 aromatic heterocycles. The molecule has 0 amide bonds. The van der Waals surface area contributed by atoms with Crippen molar-refractivity contribution in [2.75, 3.05) is 11.4 Å². The number of fused-ring (bicyclic) bond motifs is 3. The van der Waals surface area contributed by atoms with Gasteiger partial charge in [-0.15, -0.1) is 0 Å². The molecule has 1 heterocycles. The van der Waals surface area contributed by atoms with Crippen LogP contribution in [0.5, 0.6) is 5.75 Å². The van der Waals surface area contributed by atoms with Crippen LogP contribution in [-0.4, -0.2) is 15.5 Å². The molecule has 4 nitrogen and oxygen atoms in total. The second-order valence-corrected chi connectivity index (χ2v) is 8.36. The minimum absolute atomic E-state index is 0.0372. The number of sulfonamides is 1. The van der Waals surface area contributed by atoms with Crippen LogP contribution in [-0.2, 0) is 10.0 Å². The van der Waals surface area contributed by atoms with E-state index in [1.807, 2.05) is 0 Å². The van der Waals surface area contributed by atoms with Gasteiger partial charge in [-0.3, -0.25) is 4.31 Å². The van der Waals surface area contributed by atoms with Gasteiger partial charge in [0.05, 0.1) is 23.7 Å². The van der Waals surface area contributed by atoms with Crippen molar-refractivity contribution in [3.63, 3.8) is 0 Å². The van der Waals surface area contributed by atoms with E-state index in [0.717, 1.165) is 4.31 Å². The Kier molecular flexibility index (Phi) is 4.34. The number of nitrogens with zero attached hydrogens (tertiary/aromatic N) is 1. The molecule has 0 saturated carbocycles. The first kappa shape index (κ1) is 18.4. The smallest absolute Gasteiger partial charge is 0.264 e. The zero-order valence-electron chi connectivity index (χ0n) is 15.2. The number of benzene rings is 3. The first-order valence-corrected chi connectivity index (χ1v) is 10.0. The van der Waals surface area contributed by atoms with E-state index in [4.69, 9.17) is 4.74 Å². The SMILES string of the molecule is COc1ccc(S(=O)(=O)N2c3cc(F)ccc3-c3ccc(F)cc3C2C)cc1. The molecule has 28 heavy (non-hydrogen) atoms. The number of hydrogen-bond acceptors (Lipinski definition) is 3. The molecule has 3 aromatic rings. The van der Waals surface area contributed by atoms with Crippen molar-refractivity contribution in [2.45, 2.75) is 17.9 Å². The minimum atomic E-state index is -4.03. The van der Waals surface area contributed by atoms with Crippen LogP contribution in [0.4, 0.5) is 14.5 Å². The van der Waals surface area contributed by atoms with Crippen LogP contribution in [0.25, 0.3) is 11.1 Å². The highest BCUT2D eigenvalue weighted by Crippen LogP contribution is 2.47. The summed E-state index contributed by atoms with van der Waals surface area (Å²) >= 11 is 0. The van der Waals surface area contributed by atoms with E-state index in [-0.39, 0.29) is 10.6 Å². The normalized spacial score (nSPS) is 15.7. The third-order valence-electron chi connectivity index (χ3n) is 4.92. The van der Waals surface area contributed by atoms with Gasteiger partial charge in [-0.1, -0.05) is 6.07 Å². The summed E-state index contributed by atoms with van der Waals surface area (Å²) < 4.78 is 61.0. The van der Waals surface area contributed by atoms with Gasteiger partial charge in [0.25, 0.3) is 10.0 Å². The summed E-state index contributed by atoms with van der Waals surface area (Å²) in [7, 11) is -2.55. The summed E-state index contributed by atoms with van der Waals surface area (Å²) in [5.41, 5.74) is 1.97. The lowest BCUT2D eigenvalue weighted by Gasteiger charge is -2.37. The number of methoxy groups -OCH3 is 1. The van der Waals surface area contributed by atoms with Gasteiger partial charge >= 0.3 is 0 Å². The Labute approximate surface area is 162 Å². The predicted molar refractivity (Wildman–Crippen MR) is 103 cm³/mol. The molecule has 1 atom stereocenters. The summed E-state index contributed by atoms with van der Waals surface area (Å²) in [6, 6.07) is 13.4. The Balaban J connectivity index is 1.94. The molecule has 0 radical (unpaired) electrons. The van der Waals surface area contributed by atoms with Crippen molar-refractivity contribution >= 4 is 15.7 Å². The summed E-state index contributed by atoms with van der Waals surface area (Å²) in [4.78, 5) is 0.0372. The number of hydrogen-bond donors (Lipinski definition) is 0. The molecule has 0 bridgehead atoms. The summed E-state index contributed by atoms with van der Waals surface area (Å²) in [5, 5.41) is 0. The molecule has 0 spiro atoms. The van der Waals surface area contributed by atoms with Crippen LogP contribution in [0.1, 0.15) is 18.5 Å². The lowest BCUT2D eigenvalue weighted by atomic mass is 9.90. The standard InChI is InChI=1S/C21H17F2NO3S/c1-13-20-11-14(22)3-9-18(20)19-10-4-15(23)12-21(19)24(13)28(25,26)17-7-5-16(27-2)6-8-17/h3-13H,1-2H3. The number of rotatable bonds is 3. The Morgan fingerprint density at radius 2 is 1.50 bits per heavy atom. The van der Waals surface area contributed by atoms with Gasteiger partial charge in [0.15, 0.2) is 0 Å². The largest absolute Gasteiger partial charge is 0.497 e. The van der Waals surface area contributed by atoms with Crippen molar-refractivity contribution in [1.82, 2.24) is 0 Å². The molecule has 144 valence electrons.